The molecule has 0 atom stereocenters. The number of hydrogen-bond donors (Lipinski definition) is 0. The van der Waals surface area contributed by atoms with E-state index in [9.17, 15) is 4.79 Å². The van der Waals surface area contributed by atoms with E-state index in [1.807, 2.05) is 13.0 Å². The molecule has 0 bridgehead atoms. The molecule has 0 aliphatic carbocycles. The fourth-order valence-corrected chi connectivity index (χ4v) is 2.33. The van der Waals surface area contributed by atoms with Gasteiger partial charge in [-0.2, -0.15) is 0 Å². The first-order valence-corrected chi connectivity index (χ1v) is 6.03. The third-order valence-electron chi connectivity index (χ3n) is 3.38. The highest BCUT2D eigenvalue weighted by Gasteiger charge is 2.11. The van der Waals surface area contributed by atoms with Crippen LogP contribution in [-0.2, 0) is 0 Å². The van der Waals surface area contributed by atoms with E-state index in [1.54, 1.807) is 0 Å². The van der Waals surface area contributed by atoms with Gasteiger partial charge in [0.1, 0.15) is 6.29 Å². The molecule has 17 heavy (non-hydrogen) atoms. The molecule has 0 fully saturated rings. The molecule has 0 radical (unpaired) electrons. The highest BCUT2D eigenvalue weighted by Crippen LogP contribution is 2.30. The predicted molar refractivity (Wildman–Crippen MR) is 72.9 cm³/mol. The van der Waals surface area contributed by atoms with Crippen molar-refractivity contribution in [2.75, 3.05) is 0 Å². The van der Waals surface area contributed by atoms with Crippen LogP contribution >= 0.6 is 0 Å². The van der Waals surface area contributed by atoms with E-state index in [-0.39, 0.29) is 0 Å². The summed E-state index contributed by atoms with van der Waals surface area (Å²) in [7, 11) is 0. The fourth-order valence-electron chi connectivity index (χ4n) is 2.33. The third kappa shape index (κ3) is 1.97. The van der Waals surface area contributed by atoms with Gasteiger partial charge in [0.25, 0.3) is 0 Å². The Morgan fingerprint density at radius 2 is 1.76 bits per heavy atom. The van der Waals surface area contributed by atoms with Gasteiger partial charge in [-0.3, -0.25) is 4.79 Å². The lowest BCUT2D eigenvalue weighted by molar-refractivity contribution is 0.112. The Labute approximate surface area is 102 Å². The lowest BCUT2D eigenvalue weighted by Crippen LogP contribution is -1.97. The zero-order valence-electron chi connectivity index (χ0n) is 10.9. The quantitative estimate of drug-likeness (QED) is 0.694. The van der Waals surface area contributed by atoms with Crippen LogP contribution in [0.3, 0.4) is 0 Å². The van der Waals surface area contributed by atoms with Gasteiger partial charge in [0.15, 0.2) is 0 Å². The van der Waals surface area contributed by atoms with Crippen LogP contribution in [0.4, 0.5) is 0 Å². The lowest BCUT2D eigenvalue weighted by atomic mass is 9.90. The summed E-state index contributed by atoms with van der Waals surface area (Å²) >= 11 is 0. The van der Waals surface area contributed by atoms with E-state index in [0.717, 1.165) is 17.4 Å². The van der Waals surface area contributed by atoms with Gasteiger partial charge in [0.2, 0.25) is 0 Å². The van der Waals surface area contributed by atoms with Gasteiger partial charge in [0, 0.05) is 5.56 Å². The largest absolute Gasteiger partial charge is 0.298 e. The van der Waals surface area contributed by atoms with E-state index >= 15 is 0 Å². The molecule has 0 aliphatic heterocycles. The zero-order chi connectivity index (χ0) is 12.6. The maximum atomic E-state index is 11.1. The van der Waals surface area contributed by atoms with Crippen molar-refractivity contribution in [3.05, 3.63) is 46.5 Å². The lowest BCUT2D eigenvalue weighted by Gasteiger charge is -2.14. The van der Waals surface area contributed by atoms with Crippen LogP contribution in [0.2, 0.25) is 0 Å². The summed E-state index contributed by atoms with van der Waals surface area (Å²) in [5, 5.41) is 2.48. The number of carbonyl (C=O) groups is 1. The highest BCUT2D eigenvalue weighted by molar-refractivity contribution is 5.95. The van der Waals surface area contributed by atoms with E-state index in [2.05, 4.69) is 39.0 Å². The smallest absolute Gasteiger partial charge is 0.150 e. The zero-order valence-corrected chi connectivity index (χ0v) is 10.9. The minimum absolute atomic E-state index is 0.429. The molecule has 2 aromatic carbocycles. The number of carbonyl (C=O) groups excluding carboxylic acids is 1. The number of benzene rings is 2. The van der Waals surface area contributed by atoms with Crippen molar-refractivity contribution in [3.63, 3.8) is 0 Å². The van der Waals surface area contributed by atoms with Crippen LogP contribution < -0.4 is 0 Å². The summed E-state index contributed by atoms with van der Waals surface area (Å²) in [5.74, 6) is 0.429. The second kappa shape index (κ2) is 4.33. The van der Waals surface area contributed by atoms with Crippen LogP contribution in [0.15, 0.2) is 24.3 Å². The number of aryl methyl sites for hydroxylation is 2. The molecule has 88 valence electrons. The summed E-state index contributed by atoms with van der Waals surface area (Å²) in [6, 6.07) is 8.48. The van der Waals surface area contributed by atoms with Gasteiger partial charge in [-0.1, -0.05) is 37.6 Å². The second-order valence-corrected chi connectivity index (χ2v) is 5.00. The van der Waals surface area contributed by atoms with Crippen LogP contribution in [0.5, 0.6) is 0 Å². The van der Waals surface area contributed by atoms with Crippen molar-refractivity contribution in [3.8, 4) is 0 Å². The Balaban J connectivity index is 2.92. The summed E-state index contributed by atoms with van der Waals surface area (Å²) in [6.07, 6.45) is 0.959. The van der Waals surface area contributed by atoms with E-state index in [4.69, 9.17) is 0 Å². The number of hydrogen-bond acceptors (Lipinski definition) is 1. The first-order chi connectivity index (χ1) is 8.04. The van der Waals surface area contributed by atoms with Gasteiger partial charge in [-0.05, 0) is 47.7 Å². The monoisotopic (exact) mass is 226 g/mol. The minimum Gasteiger partial charge on any atom is -0.298 e. The molecule has 1 heteroatoms. The summed E-state index contributed by atoms with van der Waals surface area (Å²) in [4.78, 5) is 11.1. The van der Waals surface area contributed by atoms with Gasteiger partial charge in [-0.25, -0.2) is 0 Å². The molecule has 0 N–H and O–H groups in total. The number of fused-ring (bicyclic) bond motifs is 1. The maximum absolute atomic E-state index is 11.1. The minimum atomic E-state index is 0.429. The molecule has 0 unspecified atom stereocenters. The highest BCUT2D eigenvalue weighted by atomic mass is 16.1. The van der Waals surface area contributed by atoms with Crippen molar-refractivity contribution in [1.82, 2.24) is 0 Å². The molecule has 0 aliphatic rings. The number of aldehydes is 1. The van der Waals surface area contributed by atoms with Gasteiger partial charge in [-0.15, -0.1) is 0 Å². The molecule has 0 spiro atoms. The molecule has 0 saturated carbocycles. The van der Waals surface area contributed by atoms with Gasteiger partial charge >= 0.3 is 0 Å². The molecule has 0 aromatic heterocycles. The van der Waals surface area contributed by atoms with Crippen LogP contribution in [0.25, 0.3) is 10.8 Å². The Kier molecular flexibility index (Phi) is 3.01. The van der Waals surface area contributed by atoms with Crippen LogP contribution in [0, 0.1) is 13.8 Å². The molecule has 2 rings (SSSR count). The van der Waals surface area contributed by atoms with E-state index < -0.39 is 0 Å². The van der Waals surface area contributed by atoms with Crippen molar-refractivity contribution < 1.29 is 4.79 Å². The van der Waals surface area contributed by atoms with Gasteiger partial charge in [0.05, 0.1) is 0 Å². The fraction of sp³-hybridized carbons (Fsp3) is 0.312. The Morgan fingerprint density at radius 3 is 2.35 bits per heavy atom. The van der Waals surface area contributed by atoms with Gasteiger partial charge < -0.3 is 0 Å². The predicted octanol–water partition coefficient (Wildman–Crippen LogP) is 4.39. The Bertz CT molecular complexity index is 580. The molecule has 0 amide bonds. The summed E-state index contributed by atoms with van der Waals surface area (Å²) < 4.78 is 0. The molecule has 0 heterocycles. The number of rotatable bonds is 2. The normalized spacial score (nSPS) is 11.1. The van der Waals surface area contributed by atoms with Crippen molar-refractivity contribution >= 4 is 17.1 Å². The van der Waals surface area contributed by atoms with Crippen molar-refractivity contribution in [1.29, 1.82) is 0 Å². The Hall–Kier alpha value is -1.63. The first-order valence-electron chi connectivity index (χ1n) is 6.03. The maximum Gasteiger partial charge on any atom is 0.150 e. The SMILES string of the molecule is Cc1ccc2c(C)c(C=O)cc(C(C)C)c2c1. The van der Waals surface area contributed by atoms with E-state index in [1.165, 1.54) is 21.9 Å². The Morgan fingerprint density at radius 1 is 1.06 bits per heavy atom. The summed E-state index contributed by atoms with van der Waals surface area (Å²) in [6.45, 7) is 8.46. The molecular weight excluding hydrogens is 208 g/mol. The van der Waals surface area contributed by atoms with Crippen LogP contribution in [-0.4, -0.2) is 6.29 Å². The topological polar surface area (TPSA) is 17.1 Å². The summed E-state index contributed by atoms with van der Waals surface area (Å²) in [5.41, 5.74) is 4.42. The molecular formula is C16H18O. The average molecular weight is 226 g/mol. The molecule has 1 nitrogen and oxygen atoms in total. The van der Waals surface area contributed by atoms with Crippen molar-refractivity contribution in [2.45, 2.75) is 33.6 Å². The first kappa shape index (κ1) is 11.8. The molecule has 0 saturated heterocycles. The average Bonchev–Trinajstić information content (AvgIpc) is 2.29. The van der Waals surface area contributed by atoms with Crippen molar-refractivity contribution in [2.24, 2.45) is 0 Å². The molecule has 2 aromatic rings. The standard InChI is InChI=1S/C16H18O/c1-10(2)15-8-13(9-17)12(4)14-6-5-11(3)7-16(14)15/h5-10H,1-4H3. The van der Waals surface area contributed by atoms with E-state index in [0.29, 0.717) is 5.92 Å². The van der Waals surface area contributed by atoms with Crippen LogP contribution in [0.1, 0.15) is 46.8 Å². The third-order valence-corrected chi connectivity index (χ3v) is 3.38. The second-order valence-electron chi connectivity index (χ2n) is 5.00.